The van der Waals surface area contributed by atoms with Crippen LogP contribution < -0.4 is 5.32 Å². The predicted octanol–water partition coefficient (Wildman–Crippen LogP) is 2.71. The van der Waals surface area contributed by atoms with Crippen LogP contribution in [0, 0.1) is 0 Å². The predicted molar refractivity (Wildman–Crippen MR) is 75.9 cm³/mol. The Morgan fingerprint density at radius 2 is 2.25 bits per heavy atom. The molecular formula is C16H19NO3. The number of ketones is 1. The summed E-state index contributed by atoms with van der Waals surface area (Å²) in [5.74, 6) is 0.140. The molecule has 1 saturated heterocycles. The van der Waals surface area contributed by atoms with Crippen LogP contribution in [0.5, 0.6) is 0 Å². The van der Waals surface area contributed by atoms with Crippen LogP contribution in [-0.4, -0.2) is 24.4 Å². The maximum Gasteiger partial charge on any atom is 0.228 e. The number of anilines is 1. The molecule has 4 heteroatoms. The zero-order valence-electron chi connectivity index (χ0n) is 11.5. The third-order valence-electron chi connectivity index (χ3n) is 4.02. The van der Waals surface area contributed by atoms with Crippen LogP contribution in [0.15, 0.2) is 18.2 Å². The number of ether oxygens (including phenoxy) is 1. The van der Waals surface area contributed by atoms with Gasteiger partial charge in [0.25, 0.3) is 0 Å². The first-order valence-electron chi connectivity index (χ1n) is 7.30. The van der Waals surface area contributed by atoms with Crippen molar-refractivity contribution < 1.29 is 14.3 Å². The smallest absolute Gasteiger partial charge is 0.228 e. The van der Waals surface area contributed by atoms with Gasteiger partial charge in [-0.2, -0.15) is 0 Å². The van der Waals surface area contributed by atoms with E-state index < -0.39 is 0 Å². The van der Waals surface area contributed by atoms with Crippen molar-refractivity contribution in [2.75, 3.05) is 11.9 Å². The van der Waals surface area contributed by atoms with E-state index in [1.807, 2.05) is 12.1 Å². The third-order valence-corrected chi connectivity index (χ3v) is 4.02. The highest BCUT2D eigenvalue weighted by molar-refractivity contribution is 6.02. The quantitative estimate of drug-likeness (QED) is 0.858. The van der Waals surface area contributed by atoms with Crippen LogP contribution in [-0.2, 0) is 16.0 Å². The number of hydrogen-bond acceptors (Lipinski definition) is 3. The van der Waals surface area contributed by atoms with Crippen molar-refractivity contribution in [3.05, 3.63) is 29.3 Å². The molecule has 0 bridgehead atoms. The minimum atomic E-state index is 0.000189. The average Bonchev–Trinajstić information content (AvgIpc) is 2.85. The zero-order valence-corrected chi connectivity index (χ0v) is 11.5. The van der Waals surface area contributed by atoms with E-state index in [4.69, 9.17) is 4.74 Å². The van der Waals surface area contributed by atoms with Crippen molar-refractivity contribution in [2.24, 2.45) is 0 Å². The molecular weight excluding hydrogens is 254 g/mol. The fourth-order valence-electron chi connectivity index (χ4n) is 2.87. The summed E-state index contributed by atoms with van der Waals surface area (Å²) in [5.41, 5.74) is 2.47. The summed E-state index contributed by atoms with van der Waals surface area (Å²) in [6.45, 7) is 0.825. The fourth-order valence-corrected chi connectivity index (χ4v) is 2.87. The van der Waals surface area contributed by atoms with Crippen molar-refractivity contribution in [3.8, 4) is 0 Å². The second kappa shape index (κ2) is 5.75. The minimum absolute atomic E-state index is 0.000189. The van der Waals surface area contributed by atoms with Gasteiger partial charge in [0.2, 0.25) is 5.91 Å². The summed E-state index contributed by atoms with van der Waals surface area (Å²) in [7, 11) is 0. The third kappa shape index (κ3) is 2.90. The second-order valence-electron chi connectivity index (χ2n) is 5.55. The Hall–Kier alpha value is -1.68. The van der Waals surface area contributed by atoms with E-state index in [0.29, 0.717) is 18.4 Å². The van der Waals surface area contributed by atoms with Crippen LogP contribution in [0.25, 0.3) is 0 Å². The number of hydrogen-bond donors (Lipinski definition) is 1. The molecule has 1 unspecified atom stereocenters. The van der Waals surface area contributed by atoms with Crippen LogP contribution in [0.1, 0.15) is 48.0 Å². The van der Waals surface area contributed by atoms with Gasteiger partial charge in [-0.15, -0.1) is 0 Å². The van der Waals surface area contributed by atoms with Crippen molar-refractivity contribution >= 4 is 17.4 Å². The largest absolute Gasteiger partial charge is 0.378 e. The molecule has 1 aromatic rings. The Morgan fingerprint density at radius 1 is 1.35 bits per heavy atom. The Bertz CT molecular complexity index is 533. The summed E-state index contributed by atoms with van der Waals surface area (Å²) in [5, 5.41) is 2.78. The Morgan fingerprint density at radius 3 is 3.05 bits per heavy atom. The summed E-state index contributed by atoms with van der Waals surface area (Å²) in [6, 6.07) is 5.47. The molecule has 1 N–H and O–H groups in total. The van der Waals surface area contributed by atoms with E-state index in [2.05, 4.69) is 5.32 Å². The molecule has 0 spiro atoms. The van der Waals surface area contributed by atoms with Crippen molar-refractivity contribution in [1.29, 1.82) is 0 Å². The van der Waals surface area contributed by atoms with Gasteiger partial charge in [0.15, 0.2) is 5.78 Å². The molecule has 1 amide bonds. The van der Waals surface area contributed by atoms with Gasteiger partial charge in [0.1, 0.15) is 0 Å². The van der Waals surface area contributed by atoms with Gasteiger partial charge in [0, 0.05) is 24.3 Å². The maximum absolute atomic E-state index is 12.2. The molecule has 0 aromatic heterocycles. The Balaban J connectivity index is 1.60. The summed E-state index contributed by atoms with van der Waals surface area (Å²) in [6.07, 6.45) is 5.34. The van der Waals surface area contributed by atoms with Crippen LogP contribution >= 0.6 is 0 Å². The first-order valence-corrected chi connectivity index (χ1v) is 7.30. The van der Waals surface area contributed by atoms with Crippen LogP contribution in [0.3, 0.4) is 0 Å². The number of fused-ring (bicyclic) bond motifs is 1. The maximum atomic E-state index is 12.2. The van der Waals surface area contributed by atoms with Gasteiger partial charge in [-0.05, 0) is 49.4 Å². The van der Waals surface area contributed by atoms with E-state index in [0.717, 1.165) is 37.1 Å². The topological polar surface area (TPSA) is 55.4 Å². The van der Waals surface area contributed by atoms with Gasteiger partial charge in [0.05, 0.1) is 12.5 Å². The molecule has 1 aromatic carbocycles. The monoisotopic (exact) mass is 273 g/mol. The normalized spacial score (nSPS) is 21.4. The van der Waals surface area contributed by atoms with E-state index in [1.165, 1.54) is 6.42 Å². The first kappa shape index (κ1) is 13.3. The first-order chi connectivity index (χ1) is 9.72. The summed E-state index contributed by atoms with van der Waals surface area (Å²) in [4.78, 5) is 23.5. The van der Waals surface area contributed by atoms with E-state index in [9.17, 15) is 9.59 Å². The van der Waals surface area contributed by atoms with E-state index >= 15 is 0 Å². The molecule has 2 aliphatic heterocycles. The highest BCUT2D eigenvalue weighted by atomic mass is 16.5. The Kier molecular flexibility index (Phi) is 3.83. The molecule has 1 fully saturated rings. The number of nitrogens with one attached hydrogen (secondary N) is 1. The summed E-state index contributed by atoms with van der Waals surface area (Å²) < 4.78 is 5.65. The van der Waals surface area contributed by atoms with Gasteiger partial charge in [-0.1, -0.05) is 0 Å². The Labute approximate surface area is 118 Å². The lowest BCUT2D eigenvalue weighted by Crippen LogP contribution is -2.20. The average molecular weight is 273 g/mol. The minimum Gasteiger partial charge on any atom is -0.378 e. The molecule has 0 aliphatic carbocycles. The van der Waals surface area contributed by atoms with Crippen molar-refractivity contribution in [1.82, 2.24) is 0 Å². The number of carbonyl (C=O) groups is 2. The lowest BCUT2D eigenvalue weighted by molar-refractivity contribution is -0.115. The molecule has 2 heterocycles. The molecule has 2 aliphatic rings. The molecule has 0 radical (unpaired) electrons. The number of amides is 1. The standard InChI is InChI=1S/C16H19NO3/c18-15(7-5-13-3-1-2-8-20-13)11-4-6-14-12(9-11)10-16(19)17-14/h4,6,9,13H,1-3,5,7-8,10H2,(H,17,19). The molecule has 1 atom stereocenters. The lowest BCUT2D eigenvalue weighted by atomic mass is 9.98. The SMILES string of the molecule is O=C1Cc2cc(C(=O)CCC3CCCCO3)ccc2N1. The van der Waals surface area contributed by atoms with Crippen LogP contribution in [0.2, 0.25) is 0 Å². The highest BCUT2D eigenvalue weighted by Gasteiger charge is 2.20. The van der Waals surface area contributed by atoms with Crippen molar-refractivity contribution in [2.45, 2.75) is 44.6 Å². The van der Waals surface area contributed by atoms with Gasteiger partial charge >= 0.3 is 0 Å². The number of Topliss-reactive ketones (excluding diaryl/α,β-unsaturated/α-hetero) is 1. The van der Waals surface area contributed by atoms with E-state index in [1.54, 1.807) is 6.07 Å². The van der Waals surface area contributed by atoms with Crippen molar-refractivity contribution in [3.63, 3.8) is 0 Å². The van der Waals surface area contributed by atoms with Gasteiger partial charge in [-0.3, -0.25) is 9.59 Å². The number of carbonyl (C=O) groups excluding carboxylic acids is 2. The fraction of sp³-hybridized carbons (Fsp3) is 0.500. The number of rotatable bonds is 4. The van der Waals surface area contributed by atoms with Crippen LogP contribution in [0.4, 0.5) is 5.69 Å². The molecule has 0 saturated carbocycles. The molecule has 106 valence electrons. The molecule has 4 nitrogen and oxygen atoms in total. The summed E-state index contributed by atoms with van der Waals surface area (Å²) >= 11 is 0. The highest BCUT2D eigenvalue weighted by Crippen LogP contribution is 2.25. The second-order valence-corrected chi connectivity index (χ2v) is 5.55. The van der Waals surface area contributed by atoms with E-state index in [-0.39, 0.29) is 17.8 Å². The van der Waals surface area contributed by atoms with Gasteiger partial charge in [-0.25, -0.2) is 0 Å². The lowest BCUT2D eigenvalue weighted by Gasteiger charge is -2.22. The van der Waals surface area contributed by atoms with Gasteiger partial charge < -0.3 is 10.1 Å². The number of benzene rings is 1. The zero-order chi connectivity index (χ0) is 13.9. The molecule has 3 rings (SSSR count). The molecule has 20 heavy (non-hydrogen) atoms.